The van der Waals surface area contributed by atoms with Gasteiger partial charge in [-0.2, -0.15) is 0 Å². The number of benzene rings is 1. The molecule has 2 heterocycles. The molecule has 3 amide bonds. The second kappa shape index (κ2) is 8.63. The van der Waals surface area contributed by atoms with Gasteiger partial charge in [0, 0.05) is 23.3 Å². The lowest BCUT2D eigenvalue weighted by atomic mass is 9.88. The molecule has 1 aromatic carbocycles. The van der Waals surface area contributed by atoms with Crippen LogP contribution in [0.2, 0.25) is 0 Å². The van der Waals surface area contributed by atoms with E-state index in [9.17, 15) is 19.2 Å². The van der Waals surface area contributed by atoms with E-state index in [1.807, 2.05) is 0 Å². The Morgan fingerprint density at radius 3 is 2.45 bits per heavy atom. The molecule has 2 aromatic rings. The normalized spacial score (nSPS) is 18.1. The van der Waals surface area contributed by atoms with E-state index < -0.39 is 5.97 Å². The van der Waals surface area contributed by atoms with E-state index in [4.69, 9.17) is 4.74 Å². The molecule has 0 radical (unpaired) electrons. The van der Waals surface area contributed by atoms with Gasteiger partial charge in [-0.15, -0.1) is 11.3 Å². The number of amides is 3. The highest BCUT2D eigenvalue weighted by atomic mass is 32.1. The number of imide groups is 1. The van der Waals surface area contributed by atoms with Gasteiger partial charge in [0.2, 0.25) is 11.8 Å². The number of carbonyl (C=O) groups excluding carboxylic acids is 4. The summed E-state index contributed by atoms with van der Waals surface area (Å²) in [6, 6.07) is 6.32. The fourth-order valence-corrected chi connectivity index (χ4v) is 5.45. The highest BCUT2D eigenvalue weighted by Crippen LogP contribution is 2.40. The predicted molar refractivity (Wildman–Crippen MR) is 118 cm³/mol. The Morgan fingerprint density at radius 1 is 1.13 bits per heavy atom. The number of nitrogens with one attached hydrogen (secondary N) is 1. The summed E-state index contributed by atoms with van der Waals surface area (Å²) < 4.78 is 5.25. The maximum atomic E-state index is 12.9. The number of anilines is 2. The fraction of sp³-hybridized carbons (Fsp3) is 0.391. The number of thiophene rings is 1. The first kappa shape index (κ1) is 21.2. The minimum Gasteiger partial charge on any atom is -0.462 e. The van der Waals surface area contributed by atoms with Crippen molar-refractivity contribution in [2.75, 3.05) is 16.8 Å². The number of esters is 1. The highest BCUT2D eigenvalue weighted by molar-refractivity contribution is 7.17. The Kier molecular flexibility index (Phi) is 5.91. The molecule has 1 fully saturated rings. The van der Waals surface area contributed by atoms with Crippen LogP contribution in [-0.4, -0.2) is 30.3 Å². The van der Waals surface area contributed by atoms with Crippen molar-refractivity contribution in [3.63, 3.8) is 0 Å². The largest absolute Gasteiger partial charge is 0.462 e. The Balaban J connectivity index is 1.57. The molecule has 162 valence electrons. The second-order valence-corrected chi connectivity index (χ2v) is 9.01. The van der Waals surface area contributed by atoms with Crippen LogP contribution in [0.1, 0.15) is 64.3 Å². The van der Waals surface area contributed by atoms with Gasteiger partial charge in [-0.3, -0.25) is 19.3 Å². The summed E-state index contributed by atoms with van der Waals surface area (Å²) in [6.07, 6.45) is 3.09. The van der Waals surface area contributed by atoms with Gasteiger partial charge in [0.05, 0.1) is 17.9 Å². The predicted octanol–water partition coefficient (Wildman–Crippen LogP) is 3.96. The average Bonchev–Trinajstić information content (AvgIpc) is 3.26. The Hall–Kier alpha value is -3.00. The van der Waals surface area contributed by atoms with E-state index >= 15 is 0 Å². The van der Waals surface area contributed by atoms with Gasteiger partial charge in [-0.1, -0.05) is 6.92 Å². The Morgan fingerprint density at radius 2 is 1.81 bits per heavy atom. The first-order chi connectivity index (χ1) is 14.9. The molecule has 1 atom stereocenters. The maximum absolute atomic E-state index is 12.9. The van der Waals surface area contributed by atoms with Crippen LogP contribution in [0, 0.1) is 5.92 Å². The molecule has 0 bridgehead atoms. The van der Waals surface area contributed by atoms with Crippen LogP contribution in [0.25, 0.3) is 0 Å². The third kappa shape index (κ3) is 4.12. The zero-order chi connectivity index (χ0) is 22.1. The standard InChI is InChI=1S/C23H24N2O5S/c1-3-30-23(29)20-16-9-4-13(2)12-17(16)31-22(20)24-21(28)14-5-7-15(8-6-14)25-18(26)10-11-19(25)27/h5-8,13H,3-4,9-12H2,1-2H3,(H,24,28)/t13-/m1/s1. The number of carbonyl (C=O) groups is 4. The van der Waals surface area contributed by atoms with E-state index in [0.717, 1.165) is 34.6 Å². The van der Waals surface area contributed by atoms with Crippen LogP contribution in [-0.2, 0) is 27.2 Å². The molecule has 1 aliphatic heterocycles. The van der Waals surface area contributed by atoms with Gasteiger partial charge in [-0.25, -0.2) is 4.79 Å². The molecule has 8 heteroatoms. The molecule has 0 saturated carbocycles. The van der Waals surface area contributed by atoms with Gasteiger partial charge >= 0.3 is 5.97 Å². The van der Waals surface area contributed by atoms with Crippen LogP contribution in [0.3, 0.4) is 0 Å². The molecule has 1 aromatic heterocycles. The van der Waals surface area contributed by atoms with Gasteiger partial charge in [0.25, 0.3) is 5.91 Å². The van der Waals surface area contributed by atoms with E-state index in [-0.39, 0.29) is 37.2 Å². The number of ether oxygens (including phenoxy) is 1. The van der Waals surface area contributed by atoms with Crippen molar-refractivity contribution in [3.8, 4) is 0 Å². The van der Waals surface area contributed by atoms with Gasteiger partial charge in [-0.05, 0) is 61.9 Å². The lowest BCUT2D eigenvalue weighted by Gasteiger charge is -2.18. The van der Waals surface area contributed by atoms with Gasteiger partial charge in [0.15, 0.2) is 0 Å². The number of rotatable bonds is 5. The molecule has 0 spiro atoms. The lowest BCUT2D eigenvalue weighted by Crippen LogP contribution is -2.28. The molecule has 1 aliphatic carbocycles. The Labute approximate surface area is 184 Å². The summed E-state index contributed by atoms with van der Waals surface area (Å²) in [5.74, 6) is -0.707. The van der Waals surface area contributed by atoms with Crippen LogP contribution < -0.4 is 10.2 Å². The van der Waals surface area contributed by atoms with Crippen molar-refractivity contribution in [1.82, 2.24) is 0 Å². The van der Waals surface area contributed by atoms with Crippen molar-refractivity contribution in [1.29, 1.82) is 0 Å². The quantitative estimate of drug-likeness (QED) is 0.561. The fourth-order valence-electron chi connectivity index (χ4n) is 4.06. The monoisotopic (exact) mass is 440 g/mol. The minimum absolute atomic E-state index is 0.208. The van der Waals surface area contributed by atoms with Crippen LogP contribution in [0.15, 0.2) is 24.3 Å². The van der Waals surface area contributed by atoms with Crippen molar-refractivity contribution < 1.29 is 23.9 Å². The number of hydrogen-bond donors (Lipinski definition) is 1. The first-order valence-corrected chi connectivity index (χ1v) is 11.3. The molecule has 1 saturated heterocycles. The highest BCUT2D eigenvalue weighted by Gasteiger charge is 2.31. The molecule has 2 aliphatic rings. The molecular formula is C23H24N2O5S. The summed E-state index contributed by atoms with van der Waals surface area (Å²) in [6.45, 7) is 4.21. The Bertz CT molecular complexity index is 1040. The molecular weight excluding hydrogens is 416 g/mol. The molecule has 4 rings (SSSR count). The molecule has 0 unspecified atom stereocenters. The van der Waals surface area contributed by atoms with Crippen molar-refractivity contribution >= 4 is 45.7 Å². The SMILES string of the molecule is CCOC(=O)c1c(NC(=O)c2ccc(N3C(=O)CCC3=O)cc2)sc2c1CC[C@@H](C)C2. The second-order valence-electron chi connectivity index (χ2n) is 7.90. The van der Waals surface area contributed by atoms with Crippen molar-refractivity contribution in [2.45, 2.75) is 46.0 Å². The number of fused-ring (bicyclic) bond motifs is 1. The maximum Gasteiger partial charge on any atom is 0.341 e. The summed E-state index contributed by atoms with van der Waals surface area (Å²) in [5, 5.41) is 3.39. The molecule has 7 nitrogen and oxygen atoms in total. The zero-order valence-electron chi connectivity index (χ0n) is 17.5. The number of nitrogens with zero attached hydrogens (tertiary/aromatic N) is 1. The zero-order valence-corrected chi connectivity index (χ0v) is 18.3. The van der Waals surface area contributed by atoms with Crippen molar-refractivity contribution in [3.05, 3.63) is 45.8 Å². The summed E-state index contributed by atoms with van der Waals surface area (Å²) in [7, 11) is 0. The third-order valence-electron chi connectivity index (χ3n) is 5.66. The van der Waals surface area contributed by atoms with E-state index in [1.54, 1.807) is 31.2 Å². The lowest BCUT2D eigenvalue weighted by molar-refractivity contribution is -0.121. The summed E-state index contributed by atoms with van der Waals surface area (Å²) >= 11 is 1.44. The van der Waals surface area contributed by atoms with Crippen molar-refractivity contribution in [2.24, 2.45) is 5.92 Å². The summed E-state index contributed by atoms with van der Waals surface area (Å²) in [4.78, 5) is 51.6. The summed E-state index contributed by atoms with van der Waals surface area (Å²) in [5.41, 5.74) is 2.28. The number of hydrogen-bond acceptors (Lipinski definition) is 6. The first-order valence-electron chi connectivity index (χ1n) is 10.5. The van der Waals surface area contributed by atoms with Gasteiger partial charge in [0.1, 0.15) is 5.00 Å². The molecule has 31 heavy (non-hydrogen) atoms. The topological polar surface area (TPSA) is 92.8 Å². The average molecular weight is 441 g/mol. The minimum atomic E-state index is -0.411. The van der Waals surface area contributed by atoms with E-state index in [1.165, 1.54) is 11.3 Å². The van der Waals surface area contributed by atoms with Crippen LogP contribution in [0.4, 0.5) is 10.7 Å². The third-order valence-corrected chi connectivity index (χ3v) is 6.83. The smallest absolute Gasteiger partial charge is 0.341 e. The van der Waals surface area contributed by atoms with Crippen LogP contribution >= 0.6 is 11.3 Å². The van der Waals surface area contributed by atoms with Gasteiger partial charge < -0.3 is 10.1 Å². The van der Waals surface area contributed by atoms with E-state index in [2.05, 4.69) is 12.2 Å². The molecule has 1 N–H and O–H groups in total. The van der Waals surface area contributed by atoms with E-state index in [0.29, 0.717) is 27.7 Å². The van der Waals surface area contributed by atoms with Crippen LogP contribution in [0.5, 0.6) is 0 Å².